The van der Waals surface area contributed by atoms with Gasteiger partial charge in [-0.3, -0.25) is 14.2 Å². The third-order valence-corrected chi connectivity index (χ3v) is 8.49. The average Bonchev–Trinajstić information content (AvgIpc) is 3.28. The van der Waals surface area contributed by atoms with E-state index in [1.165, 1.54) is 6.33 Å². The molecule has 0 amide bonds. The molecule has 3 atom stereocenters. The zero-order chi connectivity index (χ0) is 30.8. The quantitative estimate of drug-likeness (QED) is 0.128. The summed E-state index contributed by atoms with van der Waals surface area (Å²) in [6, 6.07) is -0.507. The third-order valence-electron chi connectivity index (χ3n) is 6.31. The summed E-state index contributed by atoms with van der Waals surface area (Å²) in [7, 11) is -3.64. The summed E-state index contributed by atoms with van der Waals surface area (Å²) in [5.41, 5.74) is 5.64. The van der Waals surface area contributed by atoms with Crippen molar-refractivity contribution in [2.45, 2.75) is 111 Å². The first-order valence-electron chi connectivity index (χ1n) is 14.2. The second-order valence-electron chi connectivity index (χ2n) is 11.5. The summed E-state index contributed by atoms with van der Waals surface area (Å²) in [5, 5.41) is 6.12. The van der Waals surface area contributed by atoms with Crippen LogP contribution < -0.4 is 15.9 Å². The molecule has 4 N–H and O–H groups in total. The molecule has 2 aromatic heterocycles. The lowest BCUT2D eigenvalue weighted by Crippen LogP contribution is -2.50. The van der Waals surface area contributed by atoms with Crippen molar-refractivity contribution in [3.63, 3.8) is 0 Å². The Morgan fingerprint density at radius 2 is 1.83 bits per heavy atom. The largest absolute Gasteiger partial charge is 0.464 e. The molecular weight excluding hydrogens is 549 g/mol. The van der Waals surface area contributed by atoms with Crippen LogP contribution in [0.15, 0.2) is 12.7 Å². The minimum Gasteiger partial charge on any atom is -0.464 e. The Morgan fingerprint density at radius 1 is 1.12 bits per heavy atom. The molecule has 2 rings (SSSR count). The number of carbonyl (C=O) groups excluding carboxylic acids is 2. The highest BCUT2D eigenvalue weighted by molar-refractivity contribution is 7.59. The SMILES string of the molecule is CCCCCOC(=O)C(C)(C)N[P@](=O)(CO[C@H](C)Cn1cnc2c(N)ncnc21)N[C@@H](CC(=O)OC(C)C)C(C)C. The van der Waals surface area contributed by atoms with E-state index in [-0.39, 0.29) is 37.2 Å². The van der Waals surface area contributed by atoms with Gasteiger partial charge in [0.15, 0.2) is 11.5 Å². The van der Waals surface area contributed by atoms with Gasteiger partial charge in [0.2, 0.25) is 7.44 Å². The Balaban J connectivity index is 2.21. The number of nitrogens with two attached hydrogens (primary N) is 1. The standard InChI is InChI=1S/C27H48N7O6P/c1-9-10-11-12-38-26(36)27(7,8)33-41(37,32-21(18(2)3)13-22(35)40-19(4)5)17-39-20(6)14-34-16-31-23-24(28)29-15-30-25(23)34/h15-16,18-21H,9-14,17H2,1-8H3,(H2,28,29,30)(H2,32,33,37)/t20-,21+,41+/m1/s1. The van der Waals surface area contributed by atoms with Crippen molar-refractivity contribution >= 4 is 36.4 Å². The number of rotatable bonds is 18. The number of nitrogens with one attached hydrogen (secondary N) is 2. The lowest BCUT2D eigenvalue weighted by Gasteiger charge is -2.34. The van der Waals surface area contributed by atoms with Crippen LogP contribution in [0.2, 0.25) is 0 Å². The molecule has 0 aliphatic rings. The summed E-state index contributed by atoms with van der Waals surface area (Å²) in [6.07, 6.45) is 4.70. The second kappa shape index (κ2) is 15.6. The molecule has 13 nitrogen and oxygen atoms in total. The van der Waals surface area contributed by atoms with Gasteiger partial charge in [0.25, 0.3) is 0 Å². The molecule has 0 fully saturated rings. The number of esters is 2. The second-order valence-corrected chi connectivity index (χ2v) is 13.7. The fourth-order valence-corrected chi connectivity index (χ4v) is 6.67. The number of hydrogen-bond donors (Lipinski definition) is 3. The predicted molar refractivity (Wildman–Crippen MR) is 158 cm³/mol. The van der Waals surface area contributed by atoms with Gasteiger partial charge in [0.1, 0.15) is 23.7 Å². The molecule has 0 saturated heterocycles. The molecule has 41 heavy (non-hydrogen) atoms. The van der Waals surface area contributed by atoms with Gasteiger partial charge in [-0.15, -0.1) is 0 Å². The minimum atomic E-state index is -3.64. The Bertz CT molecular complexity index is 1190. The van der Waals surface area contributed by atoms with E-state index in [1.807, 2.05) is 20.8 Å². The van der Waals surface area contributed by atoms with E-state index in [1.54, 1.807) is 38.6 Å². The molecule has 0 aromatic carbocycles. The maximum atomic E-state index is 14.4. The summed E-state index contributed by atoms with van der Waals surface area (Å²) in [4.78, 5) is 37.9. The fraction of sp³-hybridized carbons (Fsp3) is 0.741. The van der Waals surface area contributed by atoms with Gasteiger partial charge in [0, 0.05) is 6.04 Å². The van der Waals surface area contributed by atoms with Gasteiger partial charge in [-0.05, 0) is 47.0 Å². The first-order valence-corrected chi connectivity index (χ1v) is 16.1. The molecule has 0 aliphatic heterocycles. The Morgan fingerprint density at radius 3 is 2.46 bits per heavy atom. The van der Waals surface area contributed by atoms with Crippen molar-refractivity contribution in [3.05, 3.63) is 12.7 Å². The molecule has 232 valence electrons. The predicted octanol–water partition coefficient (Wildman–Crippen LogP) is 4.02. The minimum absolute atomic E-state index is 0.00111. The molecule has 2 aromatic rings. The molecule has 0 spiro atoms. The van der Waals surface area contributed by atoms with Crippen molar-refractivity contribution < 1.29 is 28.4 Å². The summed E-state index contributed by atoms with van der Waals surface area (Å²) < 4.78 is 33.1. The van der Waals surface area contributed by atoms with Crippen molar-refractivity contribution in [2.75, 3.05) is 18.7 Å². The molecule has 0 saturated carbocycles. The number of nitrogen functional groups attached to an aromatic ring is 1. The van der Waals surface area contributed by atoms with E-state index >= 15 is 0 Å². The Hall–Kier alpha value is -2.60. The number of carbonyl (C=O) groups is 2. The number of aromatic nitrogens is 4. The molecule has 0 aliphatic carbocycles. The van der Waals surface area contributed by atoms with Gasteiger partial charge in [-0.2, -0.15) is 0 Å². The van der Waals surface area contributed by atoms with E-state index in [9.17, 15) is 14.2 Å². The lowest BCUT2D eigenvalue weighted by atomic mass is 10.0. The first-order chi connectivity index (χ1) is 19.2. The Labute approximate surface area is 243 Å². The van der Waals surface area contributed by atoms with Crippen LogP contribution in [0.1, 0.15) is 81.1 Å². The number of ether oxygens (including phenoxy) is 3. The highest BCUT2D eigenvalue weighted by Crippen LogP contribution is 2.41. The number of anilines is 1. The van der Waals surface area contributed by atoms with Crippen LogP contribution in [0.5, 0.6) is 0 Å². The topological polar surface area (TPSA) is 173 Å². The smallest absolute Gasteiger partial charge is 0.326 e. The van der Waals surface area contributed by atoms with Crippen LogP contribution in [-0.4, -0.2) is 68.2 Å². The fourth-order valence-electron chi connectivity index (χ4n) is 4.08. The average molecular weight is 598 g/mol. The van der Waals surface area contributed by atoms with Gasteiger partial charge in [0.05, 0.1) is 38.1 Å². The molecular formula is C27H48N7O6P. The summed E-state index contributed by atoms with van der Waals surface area (Å²) >= 11 is 0. The van der Waals surface area contributed by atoms with Crippen molar-refractivity contribution in [1.82, 2.24) is 29.7 Å². The van der Waals surface area contributed by atoms with Crippen LogP contribution >= 0.6 is 7.44 Å². The number of hydrogen-bond acceptors (Lipinski definition) is 10. The molecule has 0 unspecified atom stereocenters. The summed E-state index contributed by atoms with van der Waals surface area (Å²) in [6.45, 7) is 15.1. The van der Waals surface area contributed by atoms with E-state index < -0.39 is 37.1 Å². The highest BCUT2D eigenvalue weighted by atomic mass is 31.2. The monoisotopic (exact) mass is 597 g/mol. The maximum absolute atomic E-state index is 14.4. The van der Waals surface area contributed by atoms with E-state index in [0.29, 0.717) is 17.7 Å². The van der Waals surface area contributed by atoms with Crippen LogP contribution in [0.3, 0.4) is 0 Å². The van der Waals surface area contributed by atoms with Gasteiger partial charge < -0.3 is 24.5 Å². The zero-order valence-corrected chi connectivity index (χ0v) is 26.6. The lowest BCUT2D eigenvalue weighted by molar-refractivity contribution is -0.150. The van der Waals surface area contributed by atoms with E-state index in [4.69, 9.17) is 19.9 Å². The van der Waals surface area contributed by atoms with Crippen LogP contribution in [0.4, 0.5) is 5.82 Å². The maximum Gasteiger partial charge on any atom is 0.326 e. The van der Waals surface area contributed by atoms with Crippen molar-refractivity contribution in [3.8, 4) is 0 Å². The van der Waals surface area contributed by atoms with Gasteiger partial charge >= 0.3 is 11.9 Å². The zero-order valence-electron chi connectivity index (χ0n) is 25.7. The van der Waals surface area contributed by atoms with Crippen molar-refractivity contribution in [2.24, 2.45) is 5.92 Å². The van der Waals surface area contributed by atoms with Crippen LogP contribution in [0.25, 0.3) is 11.2 Å². The highest BCUT2D eigenvalue weighted by Gasteiger charge is 2.39. The molecule has 0 bridgehead atoms. The first kappa shape index (κ1) is 34.6. The van der Waals surface area contributed by atoms with Crippen LogP contribution in [0, 0.1) is 5.92 Å². The van der Waals surface area contributed by atoms with Gasteiger partial charge in [-0.25, -0.2) is 25.1 Å². The number of unbranched alkanes of at least 4 members (excludes halogenated alkanes) is 2. The molecule has 14 heteroatoms. The summed E-state index contributed by atoms with van der Waals surface area (Å²) in [5.74, 6) is -0.727. The molecule has 2 heterocycles. The number of fused-ring (bicyclic) bond motifs is 1. The normalized spacial score (nSPS) is 15.2. The Kier molecular flexibility index (Phi) is 13.1. The number of nitrogens with zero attached hydrogens (tertiary/aromatic N) is 4. The third kappa shape index (κ3) is 11.0. The number of imidazole rings is 1. The van der Waals surface area contributed by atoms with E-state index in [0.717, 1.165) is 19.3 Å². The molecule has 0 radical (unpaired) electrons. The van der Waals surface area contributed by atoms with Gasteiger partial charge in [-0.1, -0.05) is 33.6 Å². The van der Waals surface area contributed by atoms with E-state index in [2.05, 4.69) is 32.1 Å². The van der Waals surface area contributed by atoms with Crippen LogP contribution in [-0.2, 0) is 34.9 Å². The van der Waals surface area contributed by atoms with Crippen molar-refractivity contribution in [1.29, 1.82) is 0 Å².